The van der Waals surface area contributed by atoms with Gasteiger partial charge in [0.2, 0.25) is 5.91 Å². The standard InChI is InChI=1S/C35H61NO12S/c1-3-5-7-9-11-13-14-15-16-18-19-21-23-28(38)27(36-34(42)29(39)24-22-20-17-12-10-8-6-4-2)26-46-35-32(41)33(48-49(43,44)45)31(40)30(25-37)47-35/h9,11,15-17,20-21,23,27-33,35,37-41H,3-8,10,12-14,18-19,22,24-26H2,1-2H3,(H,36,42)(H,43,44,45)/b11-9+,16-15+,20-17-,23-21+. The molecule has 8 atom stereocenters. The van der Waals surface area contributed by atoms with Crippen molar-refractivity contribution in [2.45, 2.75) is 153 Å². The lowest BCUT2D eigenvalue weighted by molar-refractivity contribution is -0.298. The fraction of sp³-hybridized carbons (Fsp3) is 0.743. The van der Waals surface area contributed by atoms with Gasteiger partial charge in [0.15, 0.2) is 6.29 Å². The first-order valence-corrected chi connectivity index (χ1v) is 19.0. The van der Waals surface area contributed by atoms with Crippen LogP contribution in [0.5, 0.6) is 0 Å². The average Bonchev–Trinajstić information content (AvgIpc) is 3.06. The maximum Gasteiger partial charge on any atom is 0.397 e. The van der Waals surface area contributed by atoms with Gasteiger partial charge in [-0.25, -0.2) is 4.18 Å². The molecule has 14 heteroatoms. The summed E-state index contributed by atoms with van der Waals surface area (Å²) < 4.78 is 47.0. The van der Waals surface area contributed by atoms with E-state index in [0.29, 0.717) is 12.8 Å². The van der Waals surface area contributed by atoms with E-state index in [1.54, 1.807) is 6.08 Å². The Labute approximate surface area is 292 Å². The molecular weight excluding hydrogens is 658 g/mol. The van der Waals surface area contributed by atoms with Gasteiger partial charge in [0.1, 0.15) is 30.5 Å². The van der Waals surface area contributed by atoms with Crippen LogP contribution in [0.4, 0.5) is 0 Å². The zero-order chi connectivity index (χ0) is 36.5. The summed E-state index contributed by atoms with van der Waals surface area (Å²) in [4.78, 5) is 12.9. The number of ether oxygens (including phenoxy) is 2. The topological polar surface area (TPSA) is 212 Å². The summed E-state index contributed by atoms with van der Waals surface area (Å²) in [6, 6.07) is -1.15. The van der Waals surface area contributed by atoms with Gasteiger partial charge in [-0.05, 0) is 57.8 Å². The number of aliphatic hydroxyl groups excluding tert-OH is 5. The molecule has 8 unspecified atom stereocenters. The smallest absolute Gasteiger partial charge is 0.394 e. The van der Waals surface area contributed by atoms with Gasteiger partial charge in [0, 0.05) is 0 Å². The van der Waals surface area contributed by atoms with Crippen LogP contribution < -0.4 is 5.32 Å². The molecule has 284 valence electrons. The van der Waals surface area contributed by atoms with E-state index in [1.807, 2.05) is 18.2 Å². The van der Waals surface area contributed by atoms with E-state index < -0.39 is 78.5 Å². The number of unbranched alkanes of at least 4 members (excludes halogenated alkanes) is 8. The van der Waals surface area contributed by atoms with Crippen LogP contribution in [0.15, 0.2) is 48.6 Å². The van der Waals surface area contributed by atoms with E-state index in [9.17, 15) is 38.7 Å². The van der Waals surface area contributed by atoms with Crippen molar-refractivity contribution in [2.75, 3.05) is 13.2 Å². The molecule has 0 aliphatic carbocycles. The number of allylic oxidation sites excluding steroid dienone is 7. The second-order valence-electron chi connectivity index (χ2n) is 12.2. The summed E-state index contributed by atoms with van der Waals surface area (Å²) in [5.41, 5.74) is 0. The number of hydrogen-bond acceptors (Lipinski definition) is 11. The van der Waals surface area contributed by atoms with Crippen molar-refractivity contribution in [1.29, 1.82) is 0 Å². The Morgan fingerprint density at radius 2 is 1.39 bits per heavy atom. The highest BCUT2D eigenvalue weighted by molar-refractivity contribution is 7.80. The number of amides is 1. The molecule has 1 fully saturated rings. The second-order valence-corrected chi connectivity index (χ2v) is 13.3. The van der Waals surface area contributed by atoms with E-state index in [4.69, 9.17) is 14.0 Å². The van der Waals surface area contributed by atoms with Crippen molar-refractivity contribution in [3.05, 3.63) is 48.6 Å². The Balaban J connectivity index is 2.85. The highest BCUT2D eigenvalue weighted by Gasteiger charge is 2.48. The highest BCUT2D eigenvalue weighted by atomic mass is 32.3. The van der Waals surface area contributed by atoms with E-state index in [0.717, 1.165) is 51.4 Å². The summed E-state index contributed by atoms with van der Waals surface area (Å²) >= 11 is 0. The third-order valence-corrected chi connectivity index (χ3v) is 8.39. The van der Waals surface area contributed by atoms with Crippen molar-refractivity contribution in [3.63, 3.8) is 0 Å². The molecule has 1 aliphatic heterocycles. The van der Waals surface area contributed by atoms with Crippen molar-refractivity contribution in [1.82, 2.24) is 5.32 Å². The Morgan fingerprint density at radius 3 is 1.98 bits per heavy atom. The lowest BCUT2D eigenvalue weighted by atomic mass is 9.99. The SMILES string of the molecule is CCCC/C=C/CC/C=C/CC/C=C/C(O)C(COC1OC(CO)C(O)C(OS(=O)(=O)O)C1O)NC(=O)C(O)CC/C=C\CCCCCC. The normalized spacial score (nSPS) is 24.0. The van der Waals surface area contributed by atoms with Gasteiger partial charge >= 0.3 is 10.4 Å². The Morgan fingerprint density at radius 1 is 0.816 bits per heavy atom. The molecule has 1 rings (SSSR count). The summed E-state index contributed by atoms with van der Waals surface area (Å²) in [6.45, 7) is 3.00. The van der Waals surface area contributed by atoms with Gasteiger partial charge in [-0.15, -0.1) is 0 Å². The van der Waals surface area contributed by atoms with Crippen LogP contribution in [0.3, 0.4) is 0 Å². The second kappa shape index (κ2) is 26.8. The first-order chi connectivity index (χ1) is 23.4. The molecule has 7 N–H and O–H groups in total. The van der Waals surface area contributed by atoms with Crippen molar-refractivity contribution in [2.24, 2.45) is 0 Å². The molecule has 0 spiro atoms. The first-order valence-electron chi connectivity index (χ1n) is 17.6. The van der Waals surface area contributed by atoms with E-state index in [2.05, 4.69) is 41.6 Å². The molecule has 0 aromatic carbocycles. The number of carbonyl (C=O) groups excluding carboxylic acids is 1. The van der Waals surface area contributed by atoms with Gasteiger partial charge in [0.05, 0.1) is 25.4 Å². The Hall–Kier alpha value is -1.98. The predicted octanol–water partition coefficient (Wildman–Crippen LogP) is 3.56. The number of hydrogen-bond donors (Lipinski definition) is 7. The highest BCUT2D eigenvalue weighted by Crippen LogP contribution is 2.26. The average molecular weight is 720 g/mol. The van der Waals surface area contributed by atoms with Gasteiger partial charge in [-0.1, -0.05) is 94.6 Å². The minimum Gasteiger partial charge on any atom is -0.394 e. The zero-order valence-corrected chi connectivity index (χ0v) is 29.9. The minimum absolute atomic E-state index is 0.146. The molecule has 0 aromatic rings. The van der Waals surface area contributed by atoms with Crippen molar-refractivity contribution in [3.8, 4) is 0 Å². The lowest BCUT2D eigenvalue weighted by Gasteiger charge is -2.41. The molecule has 1 saturated heterocycles. The van der Waals surface area contributed by atoms with Crippen LogP contribution in [-0.4, -0.2) is 107 Å². The third kappa shape index (κ3) is 20.5. The van der Waals surface area contributed by atoms with Gasteiger partial charge in [-0.3, -0.25) is 9.35 Å². The fourth-order valence-electron chi connectivity index (χ4n) is 5.01. The Bertz CT molecular complexity index is 1100. The summed E-state index contributed by atoms with van der Waals surface area (Å²) in [7, 11) is -5.12. The van der Waals surface area contributed by atoms with E-state index >= 15 is 0 Å². The summed E-state index contributed by atoms with van der Waals surface area (Å²) in [6.07, 6.45) is 16.9. The van der Waals surface area contributed by atoms with Crippen LogP contribution in [0.25, 0.3) is 0 Å². The van der Waals surface area contributed by atoms with Crippen LogP contribution in [0.1, 0.15) is 104 Å². The fourth-order valence-corrected chi connectivity index (χ4v) is 5.51. The number of rotatable bonds is 27. The van der Waals surface area contributed by atoms with Crippen molar-refractivity contribution < 1.29 is 57.0 Å². The summed E-state index contributed by atoms with van der Waals surface area (Å²) in [5, 5.41) is 54.5. The molecule has 0 saturated carbocycles. The predicted molar refractivity (Wildman–Crippen MR) is 187 cm³/mol. The quantitative estimate of drug-likeness (QED) is 0.0369. The molecule has 13 nitrogen and oxygen atoms in total. The van der Waals surface area contributed by atoms with Crippen molar-refractivity contribution >= 4 is 16.3 Å². The monoisotopic (exact) mass is 719 g/mol. The molecular formula is C35H61NO12S. The first kappa shape index (κ1) is 45.0. The summed E-state index contributed by atoms with van der Waals surface area (Å²) in [5.74, 6) is -0.759. The van der Waals surface area contributed by atoms with Crippen LogP contribution >= 0.6 is 0 Å². The van der Waals surface area contributed by atoms with Gasteiger partial charge in [0.25, 0.3) is 0 Å². The molecule has 0 radical (unpaired) electrons. The molecule has 0 aromatic heterocycles. The van der Waals surface area contributed by atoms with Gasteiger partial charge < -0.3 is 40.3 Å². The molecule has 1 amide bonds. The molecule has 0 bridgehead atoms. The largest absolute Gasteiger partial charge is 0.397 e. The maximum absolute atomic E-state index is 12.9. The van der Waals surface area contributed by atoms with Gasteiger partial charge in [-0.2, -0.15) is 8.42 Å². The van der Waals surface area contributed by atoms with Crippen LogP contribution in [0, 0.1) is 0 Å². The van der Waals surface area contributed by atoms with Crippen LogP contribution in [0.2, 0.25) is 0 Å². The minimum atomic E-state index is -5.12. The zero-order valence-electron chi connectivity index (χ0n) is 29.1. The van der Waals surface area contributed by atoms with E-state index in [1.165, 1.54) is 25.3 Å². The maximum atomic E-state index is 12.9. The number of aliphatic hydroxyl groups is 5. The molecule has 1 aliphatic rings. The number of carbonyl (C=O) groups is 1. The molecule has 1 heterocycles. The van der Waals surface area contributed by atoms with E-state index in [-0.39, 0.29) is 6.42 Å². The van der Waals surface area contributed by atoms with Crippen LogP contribution in [-0.2, 0) is 28.9 Å². The lowest BCUT2D eigenvalue weighted by Crippen LogP contribution is -2.61. The number of nitrogens with one attached hydrogen (secondary N) is 1. The third-order valence-electron chi connectivity index (χ3n) is 7.93. The Kier molecular flexibility index (Phi) is 24.6. The molecule has 49 heavy (non-hydrogen) atoms.